The summed E-state index contributed by atoms with van der Waals surface area (Å²) in [6.07, 6.45) is 3.99. The lowest BCUT2D eigenvalue weighted by molar-refractivity contribution is -0.138. The summed E-state index contributed by atoms with van der Waals surface area (Å²) >= 11 is 0. The number of hydrogen-bond donors (Lipinski definition) is 2. The predicted octanol–water partition coefficient (Wildman–Crippen LogP) is 0.943. The highest BCUT2D eigenvalue weighted by molar-refractivity contribution is 5.87. The highest BCUT2D eigenvalue weighted by atomic mass is 16.2. The predicted molar refractivity (Wildman–Crippen MR) is 76.5 cm³/mol. The molecule has 0 heterocycles. The number of primary amides is 1. The van der Waals surface area contributed by atoms with Crippen LogP contribution in [0.2, 0.25) is 0 Å². The highest BCUT2D eigenvalue weighted by Crippen LogP contribution is 2.25. The first kappa shape index (κ1) is 14.5. The van der Waals surface area contributed by atoms with E-state index in [0.29, 0.717) is 0 Å². The van der Waals surface area contributed by atoms with Gasteiger partial charge in [-0.2, -0.15) is 0 Å². The number of hydrogen-bond acceptors (Lipinski definition) is 3. The van der Waals surface area contributed by atoms with Crippen LogP contribution < -0.4 is 11.5 Å². The molecule has 1 unspecified atom stereocenters. The average molecular weight is 275 g/mol. The zero-order chi connectivity index (χ0) is 14.5. The SMILES string of the molecule is NC(=O)CN(C(=O)C(N)c1ccccc1)C1CCCC1. The Bertz CT molecular complexity index is 469. The van der Waals surface area contributed by atoms with Gasteiger partial charge in [-0.15, -0.1) is 0 Å². The Morgan fingerprint density at radius 1 is 1.20 bits per heavy atom. The van der Waals surface area contributed by atoms with Crippen LogP contribution >= 0.6 is 0 Å². The molecular weight excluding hydrogens is 254 g/mol. The molecule has 108 valence electrons. The summed E-state index contributed by atoms with van der Waals surface area (Å²) in [4.78, 5) is 25.3. The normalized spacial score (nSPS) is 16.9. The summed E-state index contributed by atoms with van der Waals surface area (Å²) in [6.45, 7) is -0.0516. The fourth-order valence-corrected chi connectivity index (χ4v) is 2.75. The molecule has 5 heteroatoms. The van der Waals surface area contributed by atoms with Crippen molar-refractivity contribution in [2.75, 3.05) is 6.54 Å². The monoisotopic (exact) mass is 275 g/mol. The third-order valence-electron chi connectivity index (χ3n) is 3.80. The van der Waals surface area contributed by atoms with Crippen LogP contribution in [-0.4, -0.2) is 29.3 Å². The minimum absolute atomic E-state index is 0.0516. The van der Waals surface area contributed by atoms with Crippen LogP contribution in [0.3, 0.4) is 0 Å². The van der Waals surface area contributed by atoms with Crippen LogP contribution in [0.15, 0.2) is 30.3 Å². The van der Waals surface area contributed by atoms with Crippen molar-refractivity contribution in [3.63, 3.8) is 0 Å². The fraction of sp³-hybridized carbons (Fsp3) is 0.467. The Hall–Kier alpha value is -1.88. The molecule has 1 atom stereocenters. The summed E-state index contributed by atoms with van der Waals surface area (Å²) in [7, 11) is 0. The number of carbonyl (C=O) groups is 2. The standard InChI is InChI=1S/C15H21N3O2/c16-13(19)10-18(12-8-4-5-9-12)15(20)14(17)11-6-2-1-3-7-11/h1-3,6-7,12,14H,4-5,8-10,17H2,(H2,16,19). The maximum atomic E-state index is 12.6. The van der Waals surface area contributed by atoms with Crippen molar-refractivity contribution in [2.45, 2.75) is 37.8 Å². The molecule has 1 aromatic rings. The topological polar surface area (TPSA) is 89.4 Å². The van der Waals surface area contributed by atoms with E-state index in [9.17, 15) is 9.59 Å². The van der Waals surface area contributed by atoms with E-state index in [2.05, 4.69) is 0 Å². The van der Waals surface area contributed by atoms with Crippen molar-refractivity contribution in [1.29, 1.82) is 0 Å². The van der Waals surface area contributed by atoms with Gasteiger partial charge in [-0.1, -0.05) is 43.2 Å². The van der Waals surface area contributed by atoms with Crippen molar-refractivity contribution in [2.24, 2.45) is 11.5 Å². The Balaban J connectivity index is 2.15. The molecule has 1 aliphatic rings. The molecule has 1 saturated carbocycles. The van der Waals surface area contributed by atoms with Crippen molar-refractivity contribution in [1.82, 2.24) is 4.90 Å². The van der Waals surface area contributed by atoms with Crippen LogP contribution in [0.1, 0.15) is 37.3 Å². The van der Waals surface area contributed by atoms with Crippen LogP contribution in [0.4, 0.5) is 0 Å². The van der Waals surface area contributed by atoms with Gasteiger partial charge in [-0.3, -0.25) is 9.59 Å². The molecule has 4 N–H and O–H groups in total. The molecule has 0 radical (unpaired) electrons. The lowest BCUT2D eigenvalue weighted by atomic mass is 10.0. The lowest BCUT2D eigenvalue weighted by Crippen LogP contribution is -2.47. The molecule has 2 amide bonds. The molecule has 2 rings (SSSR count). The van der Waals surface area contributed by atoms with Gasteiger partial charge < -0.3 is 16.4 Å². The van der Waals surface area contributed by atoms with Gasteiger partial charge in [0, 0.05) is 6.04 Å². The quantitative estimate of drug-likeness (QED) is 0.838. The molecule has 20 heavy (non-hydrogen) atoms. The third-order valence-corrected chi connectivity index (χ3v) is 3.80. The van der Waals surface area contributed by atoms with Gasteiger partial charge in [0.15, 0.2) is 0 Å². The second kappa shape index (κ2) is 6.52. The van der Waals surface area contributed by atoms with E-state index >= 15 is 0 Å². The van der Waals surface area contributed by atoms with E-state index in [4.69, 9.17) is 11.5 Å². The average Bonchev–Trinajstić information content (AvgIpc) is 2.98. The van der Waals surface area contributed by atoms with Crippen LogP contribution in [0.5, 0.6) is 0 Å². The van der Waals surface area contributed by atoms with Gasteiger partial charge in [0.2, 0.25) is 11.8 Å². The molecule has 5 nitrogen and oxygen atoms in total. The molecule has 1 fully saturated rings. The van der Waals surface area contributed by atoms with E-state index < -0.39 is 11.9 Å². The maximum absolute atomic E-state index is 12.6. The second-order valence-electron chi connectivity index (χ2n) is 5.26. The Kier molecular flexibility index (Phi) is 4.74. The molecule has 1 aromatic carbocycles. The lowest BCUT2D eigenvalue weighted by Gasteiger charge is -2.30. The summed E-state index contributed by atoms with van der Waals surface area (Å²) in [5.41, 5.74) is 12.1. The van der Waals surface area contributed by atoms with Crippen LogP contribution in [-0.2, 0) is 9.59 Å². The summed E-state index contributed by atoms with van der Waals surface area (Å²) < 4.78 is 0. The van der Waals surface area contributed by atoms with Crippen molar-refractivity contribution in [3.05, 3.63) is 35.9 Å². The summed E-state index contributed by atoms with van der Waals surface area (Å²) in [6, 6.07) is 8.55. The summed E-state index contributed by atoms with van der Waals surface area (Å²) in [5, 5.41) is 0. The highest BCUT2D eigenvalue weighted by Gasteiger charge is 2.31. The van der Waals surface area contributed by atoms with Crippen molar-refractivity contribution < 1.29 is 9.59 Å². The van der Waals surface area contributed by atoms with Crippen molar-refractivity contribution in [3.8, 4) is 0 Å². The van der Waals surface area contributed by atoms with Gasteiger partial charge >= 0.3 is 0 Å². The van der Waals surface area contributed by atoms with E-state index in [1.54, 1.807) is 4.90 Å². The zero-order valence-corrected chi connectivity index (χ0v) is 11.5. The summed E-state index contributed by atoms with van der Waals surface area (Å²) in [5.74, 6) is -0.715. The second-order valence-corrected chi connectivity index (χ2v) is 5.26. The van der Waals surface area contributed by atoms with Gasteiger partial charge in [0.25, 0.3) is 0 Å². The van der Waals surface area contributed by atoms with E-state index in [1.165, 1.54) is 0 Å². The van der Waals surface area contributed by atoms with E-state index in [1.807, 2.05) is 30.3 Å². The minimum atomic E-state index is -0.740. The smallest absolute Gasteiger partial charge is 0.244 e. The first-order chi connectivity index (χ1) is 9.59. The molecule has 1 aliphatic carbocycles. The maximum Gasteiger partial charge on any atom is 0.244 e. The van der Waals surface area contributed by atoms with Crippen LogP contribution in [0.25, 0.3) is 0 Å². The number of nitrogens with two attached hydrogens (primary N) is 2. The molecular formula is C15H21N3O2. The first-order valence-corrected chi connectivity index (χ1v) is 6.99. The Labute approximate surface area is 118 Å². The first-order valence-electron chi connectivity index (χ1n) is 6.99. The molecule has 0 saturated heterocycles. The van der Waals surface area contributed by atoms with Gasteiger partial charge in [0.05, 0.1) is 6.54 Å². The van der Waals surface area contributed by atoms with Gasteiger partial charge in [-0.25, -0.2) is 0 Å². The number of rotatable bonds is 5. The van der Waals surface area contributed by atoms with Gasteiger partial charge in [0.1, 0.15) is 6.04 Å². The number of nitrogens with zero attached hydrogens (tertiary/aromatic N) is 1. The Morgan fingerprint density at radius 2 is 1.80 bits per heavy atom. The Morgan fingerprint density at radius 3 is 2.35 bits per heavy atom. The van der Waals surface area contributed by atoms with Gasteiger partial charge in [-0.05, 0) is 18.4 Å². The minimum Gasteiger partial charge on any atom is -0.368 e. The zero-order valence-electron chi connectivity index (χ0n) is 11.5. The number of benzene rings is 1. The number of carbonyl (C=O) groups excluding carboxylic acids is 2. The molecule has 0 spiro atoms. The van der Waals surface area contributed by atoms with E-state index in [0.717, 1.165) is 31.2 Å². The van der Waals surface area contributed by atoms with E-state index in [-0.39, 0.29) is 18.5 Å². The fourth-order valence-electron chi connectivity index (χ4n) is 2.75. The molecule has 0 bridgehead atoms. The number of amides is 2. The molecule has 0 aliphatic heterocycles. The third kappa shape index (κ3) is 3.36. The van der Waals surface area contributed by atoms with Crippen molar-refractivity contribution >= 4 is 11.8 Å². The molecule has 0 aromatic heterocycles. The van der Waals surface area contributed by atoms with Crippen LogP contribution in [0, 0.1) is 0 Å². The largest absolute Gasteiger partial charge is 0.368 e.